The molecule has 6 heteroatoms. The predicted molar refractivity (Wildman–Crippen MR) is 95.5 cm³/mol. The summed E-state index contributed by atoms with van der Waals surface area (Å²) >= 11 is 5.87. The number of hydrogen-bond acceptors (Lipinski definition) is 5. The van der Waals surface area contributed by atoms with Crippen molar-refractivity contribution in [3.63, 3.8) is 0 Å². The van der Waals surface area contributed by atoms with Gasteiger partial charge in [-0.3, -0.25) is 0 Å². The quantitative estimate of drug-likeness (QED) is 0.745. The van der Waals surface area contributed by atoms with Gasteiger partial charge in [-0.1, -0.05) is 39.3 Å². The van der Waals surface area contributed by atoms with Crippen molar-refractivity contribution in [1.82, 2.24) is 4.90 Å². The number of ether oxygens (including phenoxy) is 3. The van der Waals surface area contributed by atoms with Gasteiger partial charge in [-0.2, -0.15) is 0 Å². The fourth-order valence-electron chi connectivity index (χ4n) is 3.57. The van der Waals surface area contributed by atoms with Crippen molar-refractivity contribution < 1.29 is 19.0 Å². The summed E-state index contributed by atoms with van der Waals surface area (Å²) in [5.41, 5.74) is 0.0809. The first kappa shape index (κ1) is 18.6. The summed E-state index contributed by atoms with van der Waals surface area (Å²) in [5, 5.41) is 0.592. The lowest BCUT2D eigenvalue weighted by Crippen LogP contribution is -2.54. The second-order valence-electron chi connectivity index (χ2n) is 7.61. The third-order valence-electron chi connectivity index (χ3n) is 4.83. The van der Waals surface area contributed by atoms with Gasteiger partial charge in [-0.05, 0) is 36.1 Å². The van der Waals surface area contributed by atoms with E-state index >= 15 is 0 Å². The molecule has 138 valence electrons. The van der Waals surface area contributed by atoms with Crippen molar-refractivity contribution in [3.8, 4) is 0 Å². The second kappa shape index (κ2) is 7.23. The third-order valence-corrected chi connectivity index (χ3v) is 5.09. The van der Waals surface area contributed by atoms with Gasteiger partial charge >= 0.3 is 5.97 Å². The van der Waals surface area contributed by atoms with Crippen LogP contribution in [0.25, 0.3) is 0 Å². The molecule has 0 aromatic heterocycles. The Morgan fingerprint density at radius 1 is 1.16 bits per heavy atom. The normalized spacial score (nSPS) is 29.4. The highest BCUT2D eigenvalue weighted by Crippen LogP contribution is 2.41. The lowest BCUT2D eigenvalue weighted by atomic mass is 9.99. The summed E-state index contributed by atoms with van der Waals surface area (Å²) in [6.45, 7) is 9.81. The van der Waals surface area contributed by atoms with E-state index in [1.165, 1.54) is 0 Å². The lowest BCUT2D eigenvalue weighted by molar-refractivity contribution is -0.0961. The molecule has 2 aliphatic rings. The molecule has 2 fully saturated rings. The summed E-state index contributed by atoms with van der Waals surface area (Å²) in [4.78, 5) is 14.6. The Labute approximate surface area is 154 Å². The number of rotatable bonds is 5. The topological polar surface area (TPSA) is 48.0 Å². The van der Waals surface area contributed by atoms with Crippen molar-refractivity contribution in [1.29, 1.82) is 0 Å². The first-order valence-corrected chi connectivity index (χ1v) is 9.16. The van der Waals surface area contributed by atoms with Crippen molar-refractivity contribution in [3.05, 3.63) is 34.9 Å². The number of hydrogen-bond donors (Lipinski definition) is 0. The first-order valence-electron chi connectivity index (χ1n) is 8.78. The molecule has 2 heterocycles. The summed E-state index contributed by atoms with van der Waals surface area (Å²) in [6, 6.07) is 6.71. The monoisotopic (exact) mass is 367 g/mol. The van der Waals surface area contributed by atoms with Crippen LogP contribution < -0.4 is 0 Å². The zero-order chi connectivity index (χ0) is 18.2. The van der Waals surface area contributed by atoms with Gasteiger partial charge in [-0.25, -0.2) is 9.69 Å². The van der Waals surface area contributed by atoms with Crippen LogP contribution in [0.1, 0.15) is 38.1 Å². The zero-order valence-electron chi connectivity index (χ0n) is 15.2. The largest absolute Gasteiger partial charge is 0.460 e. The van der Waals surface area contributed by atoms with E-state index in [2.05, 4.69) is 32.6 Å². The maximum atomic E-state index is 12.4. The molecule has 1 aromatic rings. The van der Waals surface area contributed by atoms with Gasteiger partial charge in [0.15, 0.2) is 0 Å². The molecule has 5 nitrogen and oxygen atoms in total. The van der Waals surface area contributed by atoms with Crippen LogP contribution >= 0.6 is 11.6 Å². The van der Waals surface area contributed by atoms with Crippen LogP contribution in [0, 0.1) is 11.8 Å². The summed E-state index contributed by atoms with van der Waals surface area (Å²) in [7, 11) is 0. The second-order valence-corrected chi connectivity index (χ2v) is 8.04. The number of carbonyl (C=O) groups excluding carboxylic acids is 1. The fraction of sp³-hybridized carbons (Fsp3) is 0.632. The minimum absolute atomic E-state index is 0.0240. The maximum absolute atomic E-state index is 12.4. The fourth-order valence-corrected chi connectivity index (χ4v) is 3.70. The van der Waals surface area contributed by atoms with Crippen LogP contribution in [0.4, 0.5) is 0 Å². The molecule has 2 unspecified atom stereocenters. The average Bonchev–Trinajstić information content (AvgIpc) is 3.10. The standard InChI is InChI=1S/C19H26ClNO4/c1-12(2)16-21-17(13(3)4)24-10-19(21,9-23-16)11-25-18(22)14-5-7-15(20)8-6-14/h5-8,12-13,16-17H,9-11H2,1-4H3. The van der Waals surface area contributed by atoms with Gasteiger partial charge in [0, 0.05) is 5.02 Å². The summed E-state index contributed by atoms with van der Waals surface area (Å²) in [6.07, 6.45) is -0.0479. The highest BCUT2D eigenvalue weighted by atomic mass is 35.5. The Morgan fingerprint density at radius 3 is 2.16 bits per heavy atom. The summed E-state index contributed by atoms with van der Waals surface area (Å²) < 4.78 is 17.7. The van der Waals surface area contributed by atoms with Crippen LogP contribution in [0.5, 0.6) is 0 Å². The van der Waals surface area contributed by atoms with Gasteiger partial charge < -0.3 is 14.2 Å². The van der Waals surface area contributed by atoms with E-state index < -0.39 is 5.54 Å². The van der Waals surface area contributed by atoms with Crippen molar-refractivity contribution in [2.24, 2.45) is 11.8 Å². The molecule has 0 radical (unpaired) electrons. The minimum Gasteiger partial charge on any atom is -0.460 e. The van der Waals surface area contributed by atoms with Crippen molar-refractivity contribution in [2.75, 3.05) is 19.8 Å². The molecule has 2 aliphatic heterocycles. The molecule has 0 aliphatic carbocycles. The molecule has 0 saturated carbocycles. The highest BCUT2D eigenvalue weighted by Gasteiger charge is 2.57. The van der Waals surface area contributed by atoms with E-state index in [0.717, 1.165) is 0 Å². The van der Waals surface area contributed by atoms with Crippen LogP contribution in [-0.4, -0.2) is 48.7 Å². The number of nitrogens with zero attached hydrogens (tertiary/aromatic N) is 1. The lowest BCUT2D eigenvalue weighted by Gasteiger charge is -2.36. The molecule has 0 spiro atoms. The number of carbonyl (C=O) groups is 1. The number of fused-ring (bicyclic) bond motifs is 1. The Hall–Kier alpha value is -1.14. The smallest absolute Gasteiger partial charge is 0.338 e. The highest BCUT2D eigenvalue weighted by molar-refractivity contribution is 6.30. The third kappa shape index (κ3) is 3.56. The van der Waals surface area contributed by atoms with Gasteiger partial charge in [0.2, 0.25) is 0 Å². The Bertz CT molecular complexity index is 596. The first-order chi connectivity index (χ1) is 11.8. The Balaban J connectivity index is 1.73. The number of halogens is 1. The summed E-state index contributed by atoms with van der Waals surface area (Å²) in [5.74, 6) is 0.306. The predicted octanol–water partition coefficient (Wildman–Crippen LogP) is 3.56. The SMILES string of the molecule is CC(C)C1OCC2(COC(=O)c3ccc(Cl)cc3)COC(C(C)C)N12. The van der Waals surface area contributed by atoms with E-state index in [0.29, 0.717) is 35.6 Å². The van der Waals surface area contributed by atoms with Crippen molar-refractivity contribution in [2.45, 2.75) is 45.7 Å². The Morgan fingerprint density at radius 2 is 1.68 bits per heavy atom. The molecule has 1 aromatic carbocycles. The maximum Gasteiger partial charge on any atom is 0.338 e. The van der Waals surface area contributed by atoms with Gasteiger partial charge in [0.25, 0.3) is 0 Å². The van der Waals surface area contributed by atoms with Crippen LogP contribution in [0.15, 0.2) is 24.3 Å². The molecule has 0 bridgehead atoms. The average molecular weight is 368 g/mol. The molecule has 2 atom stereocenters. The Kier molecular flexibility index (Phi) is 5.40. The molecular formula is C19H26ClNO4. The molecule has 2 saturated heterocycles. The number of benzene rings is 1. The molecular weight excluding hydrogens is 342 g/mol. The molecule has 3 rings (SSSR count). The minimum atomic E-state index is -0.411. The van der Waals surface area contributed by atoms with Gasteiger partial charge in [0.05, 0.1) is 18.8 Å². The van der Waals surface area contributed by atoms with Crippen LogP contribution in [0.3, 0.4) is 0 Å². The van der Waals surface area contributed by atoms with E-state index in [9.17, 15) is 4.79 Å². The molecule has 0 amide bonds. The molecule has 0 N–H and O–H groups in total. The van der Waals surface area contributed by atoms with E-state index in [4.69, 9.17) is 25.8 Å². The van der Waals surface area contributed by atoms with Crippen LogP contribution in [-0.2, 0) is 14.2 Å². The van der Waals surface area contributed by atoms with Gasteiger partial charge in [-0.15, -0.1) is 0 Å². The number of esters is 1. The van der Waals surface area contributed by atoms with E-state index in [1.807, 2.05) is 0 Å². The van der Waals surface area contributed by atoms with E-state index in [1.54, 1.807) is 24.3 Å². The molecule has 25 heavy (non-hydrogen) atoms. The van der Waals surface area contributed by atoms with Crippen LogP contribution in [0.2, 0.25) is 5.02 Å². The van der Waals surface area contributed by atoms with Crippen molar-refractivity contribution >= 4 is 17.6 Å². The van der Waals surface area contributed by atoms with E-state index in [-0.39, 0.29) is 25.0 Å². The zero-order valence-corrected chi connectivity index (χ0v) is 16.0. The van der Waals surface area contributed by atoms with Gasteiger partial charge in [0.1, 0.15) is 24.6 Å².